The van der Waals surface area contributed by atoms with Crippen molar-refractivity contribution in [2.45, 2.75) is 0 Å². The molecule has 21 heavy (non-hydrogen) atoms. The Kier molecular flexibility index (Phi) is 2.90. The minimum absolute atomic E-state index is 0.157. The normalized spacial score (nSPS) is 10.9. The van der Waals surface area contributed by atoms with Crippen molar-refractivity contribution in [3.8, 4) is 5.75 Å². The summed E-state index contributed by atoms with van der Waals surface area (Å²) in [4.78, 5) is 19.3. The van der Waals surface area contributed by atoms with E-state index in [1.807, 2.05) is 0 Å². The van der Waals surface area contributed by atoms with Crippen LogP contribution in [0, 0.1) is 5.82 Å². The van der Waals surface area contributed by atoms with Crippen LogP contribution in [0.1, 0.15) is 15.9 Å². The van der Waals surface area contributed by atoms with E-state index in [1.54, 1.807) is 6.07 Å². The molecule has 0 unspecified atom stereocenters. The summed E-state index contributed by atoms with van der Waals surface area (Å²) in [7, 11) is 5.64. The first kappa shape index (κ1) is 13.2. The first-order chi connectivity index (χ1) is 9.99. The van der Waals surface area contributed by atoms with Crippen molar-refractivity contribution < 1.29 is 14.3 Å². The van der Waals surface area contributed by atoms with Crippen LogP contribution >= 0.6 is 0 Å². The van der Waals surface area contributed by atoms with Gasteiger partial charge in [-0.3, -0.25) is 4.79 Å². The highest BCUT2D eigenvalue weighted by atomic mass is 19.1. The molecule has 3 aromatic rings. The zero-order valence-electron chi connectivity index (χ0n) is 10.7. The van der Waals surface area contributed by atoms with E-state index in [0.717, 1.165) is 0 Å². The number of hydrogen-bond acceptors (Lipinski definition) is 4. The second-order valence-electron chi connectivity index (χ2n) is 4.56. The van der Waals surface area contributed by atoms with E-state index >= 15 is 0 Å². The lowest BCUT2D eigenvalue weighted by Crippen LogP contribution is -2.08. The smallest absolute Gasteiger partial charge is 0.202 e. The van der Waals surface area contributed by atoms with Gasteiger partial charge in [0.15, 0.2) is 5.82 Å². The van der Waals surface area contributed by atoms with Crippen molar-refractivity contribution in [1.29, 1.82) is 0 Å². The van der Waals surface area contributed by atoms with Gasteiger partial charge in [-0.25, -0.2) is 9.37 Å². The number of fused-ring (bicyclic) bond motifs is 1. The van der Waals surface area contributed by atoms with Gasteiger partial charge in [-0.15, -0.1) is 0 Å². The molecule has 0 saturated heterocycles. The van der Waals surface area contributed by atoms with Crippen molar-refractivity contribution >= 4 is 35.8 Å². The molecule has 0 atom stereocenters. The number of pyridine rings is 1. The standard InChI is InChI=1S/C14H9BFN3O2/c15-6-3-7-8(5-19-14(7)18-4-6)13(21)11-10(20)2-1-9(17)12(11)16/h1-5,20H,17H2,(H,18,19). The van der Waals surface area contributed by atoms with E-state index in [4.69, 9.17) is 13.6 Å². The van der Waals surface area contributed by atoms with Gasteiger partial charge in [0.25, 0.3) is 0 Å². The number of halogens is 1. The summed E-state index contributed by atoms with van der Waals surface area (Å²) in [5.41, 5.74) is 5.72. The number of carbonyl (C=O) groups is 1. The highest BCUT2D eigenvalue weighted by Gasteiger charge is 2.23. The molecule has 0 fully saturated rings. The molecule has 7 heteroatoms. The summed E-state index contributed by atoms with van der Waals surface area (Å²) in [6.07, 6.45) is 2.83. The van der Waals surface area contributed by atoms with E-state index in [2.05, 4.69) is 9.97 Å². The summed E-state index contributed by atoms with van der Waals surface area (Å²) < 4.78 is 14.0. The van der Waals surface area contributed by atoms with Gasteiger partial charge in [0, 0.05) is 23.3 Å². The summed E-state index contributed by atoms with van der Waals surface area (Å²) >= 11 is 0. The van der Waals surface area contributed by atoms with Gasteiger partial charge in [0.1, 0.15) is 24.8 Å². The van der Waals surface area contributed by atoms with E-state index in [1.165, 1.54) is 24.5 Å². The number of H-pyrrole nitrogens is 1. The maximum Gasteiger partial charge on any atom is 0.202 e. The molecule has 1 aromatic carbocycles. The Bertz CT molecular complexity index is 876. The van der Waals surface area contributed by atoms with Crippen molar-refractivity contribution in [1.82, 2.24) is 9.97 Å². The number of aromatic nitrogens is 2. The SMILES string of the molecule is [B]c1cnc2[nH]cc(C(=O)c3c(O)ccc(N)c3F)c2c1. The van der Waals surface area contributed by atoms with Gasteiger partial charge in [0.05, 0.1) is 5.69 Å². The number of nitrogens with one attached hydrogen (secondary N) is 1. The maximum atomic E-state index is 14.0. The third-order valence-electron chi connectivity index (χ3n) is 3.17. The molecule has 0 aliphatic carbocycles. The lowest BCUT2D eigenvalue weighted by Gasteiger charge is -2.06. The number of phenols is 1. The minimum Gasteiger partial charge on any atom is -0.507 e. The first-order valence-electron chi connectivity index (χ1n) is 6.03. The number of nitrogens with zero attached hydrogens (tertiary/aromatic N) is 1. The first-order valence-corrected chi connectivity index (χ1v) is 6.03. The Labute approximate surface area is 120 Å². The second-order valence-corrected chi connectivity index (χ2v) is 4.56. The molecule has 0 amide bonds. The summed E-state index contributed by atoms with van der Waals surface area (Å²) in [5.74, 6) is -2.12. The van der Waals surface area contributed by atoms with Crippen LogP contribution in [0.15, 0.2) is 30.6 Å². The number of benzene rings is 1. The molecular formula is C14H9BFN3O2. The number of nitrogen functional groups attached to an aromatic ring is 1. The van der Waals surface area contributed by atoms with Crippen LogP contribution in [0.25, 0.3) is 11.0 Å². The van der Waals surface area contributed by atoms with Crippen LogP contribution < -0.4 is 11.2 Å². The Morgan fingerprint density at radius 1 is 1.43 bits per heavy atom. The largest absolute Gasteiger partial charge is 0.507 e. The topological polar surface area (TPSA) is 92.0 Å². The molecule has 0 bridgehead atoms. The Morgan fingerprint density at radius 3 is 2.95 bits per heavy atom. The predicted octanol–water partition coefficient (Wildman–Crippen LogP) is 1.01. The number of ketones is 1. The number of aromatic hydroxyl groups is 1. The van der Waals surface area contributed by atoms with Crippen LogP contribution in [-0.2, 0) is 0 Å². The molecule has 102 valence electrons. The number of carbonyl (C=O) groups excluding carboxylic acids is 1. The van der Waals surface area contributed by atoms with Crippen molar-refractivity contribution in [3.63, 3.8) is 0 Å². The van der Waals surface area contributed by atoms with Crippen LogP contribution in [0.3, 0.4) is 0 Å². The Hall–Kier alpha value is -2.83. The summed E-state index contributed by atoms with van der Waals surface area (Å²) in [6.45, 7) is 0. The van der Waals surface area contributed by atoms with Crippen molar-refractivity contribution in [3.05, 3.63) is 47.5 Å². The third kappa shape index (κ3) is 2.03. The van der Waals surface area contributed by atoms with Crippen LogP contribution in [-0.4, -0.2) is 28.7 Å². The maximum absolute atomic E-state index is 14.0. The number of phenolic OH excluding ortho intramolecular Hbond substituents is 1. The molecule has 0 spiro atoms. The van der Waals surface area contributed by atoms with E-state index in [-0.39, 0.29) is 11.3 Å². The lowest BCUT2D eigenvalue weighted by molar-refractivity contribution is 0.103. The number of aromatic amines is 1. The quantitative estimate of drug-likeness (QED) is 0.283. The number of anilines is 1. The van der Waals surface area contributed by atoms with Gasteiger partial charge < -0.3 is 15.8 Å². The average molecular weight is 281 g/mol. The zero-order chi connectivity index (χ0) is 15.1. The Balaban J connectivity index is 2.22. The van der Waals surface area contributed by atoms with Gasteiger partial charge in [-0.2, -0.15) is 0 Å². The second kappa shape index (κ2) is 4.62. The molecule has 2 heterocycles. The highest BCUT2D eigenvalue weighted by Crippen LogP contribution is 2.29. The van der Waals surface area contributed by atoms with Gasteiger partial charge in [-0.05, 0) is 12.1 Å². The molecule has 3 rings (SSSR count). The molecule has 2 aromatic heterocycles. The van der Waals surface area contributed by atoms with Gasteiger partial charge in [-0.1, -0.05) is 11.5 Å². The van der Waals surface area contributed by atoms with Crippen LogP contribution in [0.2, 0.25) is 0 Å². The zero-order valence-corrected chi connectivity index (χ0v) is 10.7. The molecule has 5 nitrogen and oxygen atoms in total. The monoisotopic (exact) mass is 281 g/mol. The van der Waals surface area contributed by atoms with Gasteiger partial charge in [0.2, 0.25) is 5.78 Å². The molecule has 4 N–H and O–H groups in total. The predicted molar refractivity (Wildman–Crippen MR) is 77.4 cm³/mol. The number of rotatable bonds is 2. The van der Waals surface area contributed by atoms with E-state index < -0.39 is 22.9 Å². The number of nitrogens with two attached hydrogens (primary N) is 1. The van der Waals surface area contributed by atoms with Crippen molar-refractivity contribution in [2.24, 2.45) is 0 Å². The number of hydrogen-bond donors (Lipinski definition) is 3. The Morgan fingerprint density at radius 2 is 2.19 bits per heavy atom. The van der Waals surface area contributed by atoms with Crippen molar-refractivity contribution in [2.75, 3.05) is 5.73 Å². The third-order valence-corrected chi connectivity index (χ3v) is 3.17. The van der Waals surface area contributed by atoms with Gasteiger partial charge >= 0.3 is 0 Å². The molecule has 2 radical (unpaired) electrons. The molecule has 0 aliphatic heterocycles. The van der Waals surface area contributed by atoms with Crippen LogP contribution in [0.4, 0.5) is 10.1 Å². The fourth-order valence-electron chi connectivity index (χ4n) is 2.14. The average Bonchev–Trinajstić information content (AvgIpc) is 2.86. The fraction of sp³-hybridized carbons (Fsp3) is 0. The lowest BCUT2D eigenvalue weighted by atomic mass is 9.95. The van der Waals surface area contributed by atoms with Crippen LogP contribution in [0.5, 0.6) is 5.75 Å². The molecular weight excluding hydrogens is 272 g/mol. The highest BCUT2D eigenvalue weighted by molar-refractivity contribution is 6.33. The minimum atomic E-state index is -0.953. The summed E-state index contributed by atoms with van der Waals surface area (Å²) in [5, 5.41) is 10.2. The molecule has 0 saturated carbocycles. The summed E-state index contributed by atoms with van der Waals surface area (Å²) in [6, 6.07) is 3.91. The fourth-order valence-corrected chi connectivity index (χ4v) is 2.14. The molecule has 0 aliphatic rings. The van der Waals surface area contributed by atoms with E-state index in [0.29, 0.717) is 16.5 Å². The van der Waals surface area contributed by atoms with E-state index in [9.17, 15) is 14.3 Å².